The van der Waals surface area contributed by atoms with Gasteiger partial charge in [-0.2, -0.15) is 0 Å². The van der Waals surface area contributed by atoms with Gasteiger partial charge in [0.2, 0.25) is 0 Å². The van der Waals surface area contributed by atoms with Crippen LogP contribution in [-0.2, 0) is 11.3 Å². The van der Waals surface area contributed by atoms with Crippen molar-refractivity contribution in [3.63, 3.8) is 0 Å². The minimum Gasteiger partial charge on any atom is -0.496 e. The number of ether oxygens (including phenoxy) is 1. The number of aliphatic carboxylic acids is 1. The van der Waals surface area contributed by atoms with Crippen molar-refractivity contribution in [2.75, 3.05) is 20.2 Å². The van der Waals surface area contributed by atoms with Gasteiger partial charge >= 0.3 is 5.97 Å². The second kappa shape index (κ2) is 5.19. The standard InChI is InChI=1S/C14H20N2O3/c1-10-3-4-12(19-2)11(7-10)8-16-6-5-14(15,9-16)13(17)18/h3-4,7H,5-6,8-9,15H2,1-2H3,(H,17,18). The molecule has 1 saturated heterocycles. The van der Waals surface area contributed by atoms with E-state index in [-0.39, 0.29) is 0 Å². The van der Waals surface area contributed by atoms with Crippen molar-refractivity contribution in [2.45, 2.75) is 25.4 Å². The zero-order valence-corrected chi connectivity index (χ0v) is 11.3. The van der Waals surface area contributed by atoms with Crippen LogP contribution >= 0.6 is 0 Å². The van der Waals surface area contributed by atoms with Gasteiger partial charge in [0.1, 0.15) is 11.3 Å². The molecular formula is C14H20N2O3. The maximum atomic E-state index is 11.1. The van der Waals surface area contributed by atoms with Crippen LogP contribution < -0.4 is 10.5 Å². The van der Waals surface area contributed by atoms with Gasteiger partial charge in [0, 0.05) is 25.2 Å². The summed E-state index contributed by atoms with van der Waals surface area (Å²) in [6.07, 6.45) is 0.483. The fraction of sp³-hybridized carbons (Fsp3) is 0.500. The number of benzene rings is 1. The lowest BCUT2D eigenvalue weighted by atomic mass is 10.0. The van der Waals surface area contributed by atoms with Crippen LogP contribution in [0.3, 0.4) is 0 Å². The number of rotatable bonds is 4. The van der Waals surface area contributed by atoms with Crippen LogP contribution in [0, 0.1) is 6.92 Å². The smallest absolute Gasteiger partial charge is 0.325 e. The number of carboxylic acids is 1. The summed E-state index contributed by atoms with van der Waals surface area (Å²) in [4.78, 5) is 13.2. The van der Waals surface area contributed by atoms with Crippen molar-refractivity contribution in [1.82, 2.24) is 4.90 Å². The number of hydrogen-bond acceptors (Lipinski definition) is 4. The molecule has 1 aliphatic rings. The average Bonchev–Trinajstić information content (AvgIpc) is 2.73. The molecule has 1 atom stereocenters. The lowest BCUT2D eigenvalue weighted by molar-refractivity contribution is -0.142. The van der Waals surface area contributed by atoms with Crippen LogP contribution in [0.4, 0.5) is 0 Å². The number of nitrogens with two attached hydrogens (primary N) is 1. The molecule has 0 aromatic heterocycles. The third-order valence-corrected chi connectivity index (χ3v) is 3.64. The highest BCUT2D eigenvalue weighted by atomic mass is 16.5. The van der Waals surface area contributed by atoms with Crippen LogP contribution in [-0.4, -0.2) is 41.7 Å². The van der Waals surface area contributed by atoms with E-state index in [0.29, 0.717) is 26.1 Å². The lowest BCUT2D eigenvalue weighted by Gasteiger charge is -2.21. The van der Waals surface area contributed by atoms with Crippen molar-refractivity contribution in [3.8, 4) is 5.75 Å². The van der Waals surface area contributed by atoms with Gasteiger partial charge in [-0.15, -0.1) is 0 Å². The molecule has 0 bridgehead atoms. The molecule has 5 nitrogen and oxygen atoms in total. The molecule has 5 heteroatoms. The van der Waals surface area contributed by atoms with Crippen LogP contribution in [0.1, 0.15) is 17.5 Å². The molecule has 0 spiro atoms. The van der Waals surface area contributed by atoms with Gasteiger partial charge in [-0.05, 0) is 19.4 Å². The van der Waals surface area contributed by atoms with Gasteiger partial charge in [-0.1, -0.05) is 17.7 Å². The summed E-state index contributed by atoms with van der Waals surface area (Å²) in [5.41, 5.74) is 6.99. The van der Waals surface area contributed by atoms with Crippen LogP contribution in [0.15, 0.2) is 18.2 Å². The summed E-state index contributed by atoms with van der Waals surface area (Å²) in [5.74, 6) is -0.0957. The van der Waals surface area contributed by atoms with E-state index in [2.05, 4.69) is 11.0 Å². The molecule has 0 saturated carbocycles. The molecule has 104 valence electrons. The van der Waals surface area contributed by atoms with E-state index in [1.165, 1.54) is 0 Å². The van der Waals surface area contributed by atoms with Gasteiger partial charge in [-0.25, -0.2) is 0 Å². The van der Waals surface area contributed by atoms with Gasteiger partial charge in [0.05, 0.1) is 7.11 Å². The number of hydrogen-bond donors (Lipinski definition) is 2. The molecule has 1 aromatic rings. The second-order valence-corrected chi connectivity index (χ2v) is 5.24. The van der Waals surface area contributed by atoms with E-state index in [1.807, 2.05) is 19.1 Å². The maximum absolute atomic E-state index is 11.1. The third kappa shape index (κ3) is 2.88. The molecule has 19 heavy (non-hydrogen) atoms. The lowest BCUT2D eigenvalue weighted by Crippen LogP contribution is -2.50. The molecule has 0 amide bonds. The van der Waals surface area contributed by atoms with E-state index in [9.17, 15) is 4.79 Å². The quantitative estimate of drug-likeness (QED) is 0.848. The van der Waals surface area contributed by atoms with Crippen molar-refractivity contribution in [1.29, 1.82) is 0 Å². The highest BCUT2D eigenvalue weighted by Gasteiger charge is 2.41. The fourth-order valence-electron chi connectivity index (χ4n) is 2.50. The minimum absolute atomic E-state index is 0.374. The minimum atomic E-state index is -1.11. The summed E-state index contributed by atoms with van der Waals surface area (Å²) in [6, 6.07) is 6.00. The average molecular weight is 264 g/mol. The Hall–Kier alpha value is -1.59. The molecule has 1 aromatic carbocycles. The SMILES string of the molecule is COc1ccc(C)cc1CN1CCC(N)(C(=O)O)C1. The van der Waals surface area contributed by atoms with Crippen LogP contribution in [0.25, 0.3) is 0 Å². The maximum Gasteiger partial charge on any atom is 0.325 e. The molecule has 0 radical (unpaired) electrons. The van der Waals surface area contributed by atoms with Gasteiger partial charge in [-0.3, -0.25) is 9.69 Å². The number of carbonyl (C=O) groups is 1. The topological polar surface area (TPSA) is 75.8 Å². The Labute approximate surface area is 113 Å². The number of nitrogens with zero attached hydrogens (tertiary/aromatic N) is 1. The van der Waals surface area contributed by atoms with Crippen LogP contribution in [0.2, 0.25) is 0 Å². The first-order valence-corrected chi connectivity index (χ1v) is 6.33. The van der Waals surface area contributed by atoms with Crippen LogP contribution in [0.5, 0.6) is 5.75 Å². The molecule has 2 rings (SSSR count). The fourth-order valence-corrected chi connectivity index (χ4v) is 2.50. The summed E-state index contributed by atoms with van der Waals surface area (Å²) in [7, 11) is 1.64. The molecule has 3 N–H and O–H groups in total. The monoisotopic (exact) mass is 264 g/mol. The Balaban J connectivity index is 2.11. The summed E-state index contributed by atoms with van der Waals surface area (Å²) < 4.78 is 5.34. The van der Waals surface area contributed by atoms with Crippen molar-refractivity contribution in [2.24, 2.45) is 5.73 Å². The summed E-state index contributed by atoms with van der Waals surface area (Å²) in [6.45, 7) is 3.76. The molecule has 1 fully saturated rings. The van der Waals surface area contributed by atoms with E-state index in [0.717, 1.165) is 16.9 Å². The Morgan fingerprint density at radius 3 is 2.89 bits per heavy atom. The number of aryl methyl sites for hydroxylation is 1. The van der Waals surface area contributed by atoms with E-state index >= 15 is 0 Å². The number of carboxylic acid groups (broad SMARTS) is 1. The van der Waals surface area contributed by atoms with E-state index < -0.39 is 11.5 Å². The summed E-state index contributed by atoms with van der Waals surface area (Å²) in [5, 5.41) is 9.12. The van der Waals surface area contributed by atoms with E-state index in [1.54, 1.807) is 7.11 Å². The molecule has 0 aliphatic carbocycles. The summed E-state index contributed by atoms with van der Waals surface area (Å²) >= 11 is 0. The molecule has 1 aliphatic heterocycles. The normalized spacial score (nSPS) is 23.5. The second-order valence-electron chi connectivity index (χ2n) is 5.24. The van der Waals surface area contributed by atoms with Gasteiger partial charge < -0.3 is 15.6 Å². The highest BCUT2D eigenvalue weighted by Crippen LogP contribution is 2.25. The molecule has 1 heterocycles. The number of methoxy groups -OCH3 is 1. The van der Waals surface area contributed by atoms with Crippen molar-refractivity contribution < 1.29 is 14.6 Å². The Morgan fingerprint density at radius 2 is 2.32 bits per heavy atom. The molecule has 1 unspecified atom stereocenters. The zero-order chi connectivity index (χ0) is 14.0. The zero-order valence-electron chi connectivity index (χ0n) is 11.3. The first kappa shape index (κ1) is 13.8. The predicted molar refractivity (Wildman–Crippen MR) is 72.2 cm³/mol. The first-order chi connectivity index (χ1) is 8.94. The van der Waals surface area contributed by atoms with Gasteiger partial charge in [0.25, 0.3) is 0 Å². The third-order valence-electron chi connectivity index (χ3n) is 3.64. The molecular weight excluding hydrogens is 244 g/mol. The first-order valence-electron chi connectivity index (χ1n) is 6.33. The predicted octanol–water partition coefficient (Wildman–Crippen LogP) is 0.991. The van der Waals surface area contributed by atoms with Gasteiger partial charge in [0.15, 0.2) is 0 Å². The van der Waals surface area contributed by atoms with E-state index in [4.69, 9.17) is 15.6 Å². The largest absolute Gasteiger partial charge is 0.496 e. The Morgan fingerprint density at radius 1 is 1.58 bits per heavy atom. The Kier molecular flexibility index (Phi) is 3.78. The highest BCUT2D eigenvalue weighted by molar-refractivity contribution is 5.79. The number of likely N-dealkylation sites (tertiary alicyclic amines) is 1. The van der Waals surface area contributed by atoms with Crippen molar-refractivity contribution in [3.05, 3.63) is 29.3 Å². The Bertz CT molecular complexity index is 490. The van der Waals surface area contributed by atoms with Crippen molar-refractivity contribution >= 4 is 5.97 Å².